The Kier molecular flexibility index (Phi) is 7.79. The predicted molar refractivity (Wildman–Crippen MR) is 56.8 cm³/mol. The molecule has 0 aliphatic rings. The molecule has 0 aromatic rings. The van der Waals surface area contributed by atoms with Crippen LogP contribution in [0.2, 0.25) is 0 Å². The van der Waals surface area contributed by atoms with Gasteiger partial charge in [-0.05, 0) is 12.8 Å². The number of hydrogen-bond acceptors (Lipinski definition) is 2. The van der Waals surface area contributed by atoms with Crippen molar-refractivity contribution in [3.63, 3.8) is 0 Å². The summed E-state index contributed by atoms with van der Waals surface area (Å²) >= 11 is 3.27. The molecule has 1 amide bonds. The third kappa shape index (κ3) is 6.63. The van der Waals surface area contributed by atoms with Gasteiger partial charge in [-0.15, -0.1) is 0 Å². The van der Waals surface area contributed by atoms with E-state index in [4.69, 9.17) is 4.74 Å². The van der Waals surface area contributed by atoms with E-state index in [1.807, 2.05) is 6.92 Å². The SMILES string of the molecule is C=COCCCNC(=O)C(Br)CC. The van der Waals surface area contributed by atoms with Gasteiger partial charge in [0.05, 0.1) is 17.7 Å². The van der Waals surface area contributed by atoms with Gasteiger partial charge in [-0.1, -0.05) is 29.4 Å². The summed E-state index contributed by atoms with van der Waals surface area (Å²) in [4.78, 5) is 11.1. The van der Waals surface area contributed by atoms with Gasteiger partial charge in [0.2, 0.25) is 5.91 Å². The van der Waals surface area contributed by atoms with Gasteiger partial charge in [0, 0.05) is 6.54 Å². The minimum atomic E-state index is -0.0761. The molecule has 1 N–H and O–H groups in total. The number of alkyl halides is 1. The molecule has 0 fully saturated rings. The summed E-state index contributed by atoms with van der Waals surface area (Å²) in [6.45, 7) is 6.62. The Bertz CT molecular complexity index is 162. The smallest absolute Gasteiger partial charge is 0.233 e. The number of hydrogen-bond donors (Lipinski definition) is 1. The van der Waals surface area contributed by atoms with Crippen molar-refractivity contribution < 1.29 is 9.53 Å². The van der Waals surface area contributed by atoms with Crippen molar-refractivity contribution in [1.82, 2.24) is 5.32 Å². The van der Waals surface area contributed by atoms with Gasteiger partial charge in [-0.3, -0.25) is 4.79 Å². The highest BCUT2D eigenvalue weighted by molar-refractivity contribution is 9.10. The minimum absolute atomic E-state index is 0.0427. The van der Waals surface area contributed by atoms with E-state index in [9.17, 15) is 4.79 Å². The maximum Gasteiger partial charge on any atom is 0.233 e. The highest BCUT2D eigenvalue weighted by Gasteiger charge is 2.10. The fraction of sp³-hybridized carbons (Fsp3) is 0.667. The summed E-state index contributed by atoms with van der Waals surface area (Å²) in [6.07, 6.45) is 3.01. The van der Waals surface area contributed by atoms with Crippen LogP contribution in [0.3, 0.4) is 0 Å². The third-order valence-corrected chi connectivity index (χ3v) is 2.56. The first-order valence-corrected chi connectivity index (χ1v) is 5.28. The number of halogens is 1. The van der Waals surface area contributed by atoms with Gasteiger partial charge in [0.25, 0.3) is 0 Å². The first-order valence-electron chi connectivity index (χ1n) is 4.36. The molecule has 0 saturated heterocycles. The number of ether oxygens (including phenoxy) is 1. The van der Waals surface area contributed by atoms with Crippen molar-refractivity contribution in [2.45, 2.75) is 24.6 Å². The molecule has 0 aliphatic heterocycles. The van der Waals surface area contributed by atoms with Crippen molar-refractivity contribution in [2.24, 2.45) is 0 Å². The lowest BCUT2D eigenvalue weighted by Crippen LogP contribution is -2.31. The summed E-state index contributed by atoms with van der Waals surface area (Å²) < 4.78 is 4.90. The number of carbonyl (C=O) groups excluding carboxylic acids is 1. The molecule has 0 saturated carbocycles. The van der Waals surface area contributed by atoms with Crippen LogP contribution in [0.1, 0.15) is 19.8 Å². The van der Waals surface area contributed by atoms with Crippen LogP contribution >= 0.6 is 15.9 Å². The monoisotopic (exact) mass is 249 g/mol. The van der Waals surface area contributed by atoms with E-state index >= 15 is 0 Å². The van der Waals surface area contributed by atoms with Gasteiger partial charge in [0.15, 0.2) is 0 Å². The molecular formula is C9H16BrNO2. The average Bonchev–Trinajstić information content (AvgIpc) is 2.16. The standard InChI is InChI=1S/C9H16BrNO2/c1-3-8(10)9(12)11-6-5-7-13-4-2/h4,8H,2-3,5-7H2,1H3,(H,11,12). The zero-order valence-corrected chi connectivity index (χ0v) is 9.47. The normalized spacial score (nSPS) is 11.8. The zero-order valence-electron chi connectivity index (χ0n) is 7.88. The summed E-state index contributed by atoms with van der Waals surface area (Å²) in [5.41, 5.74) is 0. The topological polar surface area (TPSA) is 38.3 Å². The first kappa shape index (κ1) is 12.5. The molecule has 13 heavy (non-hydrogen) atoms. The van der Waals surface area contributed by atoms with Crippen LogP contribution < -0.4 is 5.32 Å². The fourth-order valence-corrected chi connectivity index (χ4v) is 0.908. The summed E-state index contributed by atoms with van der Waals surface area (Å²) in [6, 6.07) is 0. The molecule has 0 heterocycles. The lowest BCUT2D eigenvalue weighted by atomic mass is 10.3. The van der Waals surface area contributed by atoms with Crippen molar-refractivity contribution in [1.29, 1.82) is 0 Å². The van der Waals surface area contributed by atoms with Gasteiger partial charge >= 0.3 is 0 Å². The molecule has 0 radical (unpaired) electrons. The maximum atomic E-state index is 11.2. The molecule has 0 bridgehead atoms. The first-order chi connectivity index (χ1) is 6.22. The molecule has 0 spiro atoms. The Morgan fingerprint density at radius 3 is 3.00 bits per heavy atom. The molecule has 0 aliphatic carbocycles. The second-order valence-electron chi connectivity index (χ2n) is 2.56. The predicted octanol–water partition coefficient (Wildman–Crippen LogP) is 1.83. The van der Waals surface area contributed by atoms with Crippen LogP contribution in [0.5, 0.6) is 0 Å². The summed E-state index contributed by atoms with van der Waals surface area (Å²) in [7, 11) is 0. The molecule has 3 nitrogen and oxygen atoms in total. The van der Waals surface area contributed by atoms with Gasteiger partial charge < -0.3 is 10.1 Å². The summed E-state index contributed by atoms with van der Waals surface area (Å²) in [5, 5.41) is 2.79. The van der Waals surface area contributed by atoms with Crippen LogP contribution in [0.25, 0.3) is 0 Å². The van der Waals surface area contributed by atoms with E-state index in [-0.39, 0.29) is 10.7 Å². The Morgan fingerprint density at radius 2 is 2.46 bits per heavy atom. The highest BCUT2D eigenvalue weighted by atomic mass is 79.9. The Hall–Kier alpha value is -0.510. The lowest BCUT2D eigenvalue weighted by molar-refractivity contribution is -0.120. The Balaban J connectivity index is 3.31. The number of nitrogens with one attached hydrogen (secondary N) is 1. The van der Waals surface area contributed by atoms with Gasteiger partial charge in [0.1, 0.15) is 0 Å². The second kappa shape index (κ2) is 8.10. The molecule has 1 atom stereocenters. The Labute approximate surface area is 87.7 Å². The fourth-order valence-electron chi connectivity index (χ4n) is 0.747. The average molecular weight is 250 g/mol. The number of carbonyl (C=O) groups is 1. The molecule has 1 unspecified atom stereocenters. The van der Waals surface area contributed by atoms with Crippen LogP contribution in [-0.2, 0) is 9.53 Å². The minimum Gasteiger partial charge on any atom is -0.502 e. The lowest BCUT2D eigenvalue weighted by Gasteiger charge is -2.08. The molecule has 0 aromatic heterocycles. The Morgan fingerprint density at radius 1 is 1.77 bits per heavy atom. The van der Waals surface area contributed by atoms with Crippen LogP contribution in [0, 0.1) is 0 Å². The third-order valence-electron chi connectivity index (χ3n) is 1.50. The number of amides is 1. The molecule has 0 rings (SSSR count). The van der Waals surface area contributed by atoms with Crippen molar-refractivity contribution in [3.05, 3.63) is 12.8 Å². The summed E-state index contributed by atoms with van der Waals surface area (Å²) in [5.74, 6) is 0.0427. The maximum absolute atomic E-state index is 11.2. The van der Waals surface area contributed by atoms with Crippen LogP contribution in [0.15, 0.2) is 12.8 Å². The van der Waals surface area contributed by atoms with E-state index in [1.165, 1.54) is 6.26 Å². The van der Waals surface area contributed by atoms with Gasteiger partial charge in [-0.25, -0.2) is 0 Å². The van der Waals surface area contributed by atoms with Crippen molar-refractivity contribution >= 4 is 21.8 Å². The molecule has 76 valence electrons. The quantitative estimate of drug-likeness (QED) is 0.425. The zero-order chi connectivity index (χ0) is 10.1. The van der Waals surface area contributed by atoms with E-state index in [0.717, 1.165) is 12.8 Å². The molecular weight excluding hydrogens is 234 g/mol. The highest BCUT2D eigenvalue weighted by Crippen LogP contribution is 2.03. The number of rotatable bonds is 7. The van der Waals surface area contributed by atoms with Crippen LogP contribution in [0.4, 0.5) is 0 Å². The van der Waals surface area contributed by atoms with Crippen LogP contribution in [-0.4, -0.2) is 23.9 Å². The molecule has 4 heteroatoms. The van der Waals surface area contributed by atoms with E-state index < -0.39 is 0 Å². The molecule has 0 aromatic carbocycles. The second-order valence-corrected chi connectivity index (χ2v) is 3.66. The van der Waals surface area contributed by atoms with Crippen molar-refractivity contribution in [2.75, 3.05) is 13.2 Å². The van der Waals surface area contributed by atoms with E-state index in [2.05, 4.69) is 27.8 Å². The van der Waals surface area contributed by atoms with Gasteiger partial charge in [-0.2, -0.15) is 0 Å². The van der Waals surface area contributed by atoms with E-state index in [0.29, 0.717) is 13.2 Å². The van der Waals surface area contributed by atoms with E-state index in [1.54, 1.807) is 0 Å². The van der Waals surface area contributed by atoms with Crippen molar-refractivity contribution in [3.8, 4) is 0 Å². The largest absolute Gasteiger partial charge is 0.502 e.